The van der Waals surface area contributed by atoms with Gasteiger partial charge in [0, 0.05) is 43.0 Å². The lowest BCUT2D eigenvalue weighted by Gasteiger charge is -2.04. The number of thiazole rings is 1. The lowest BCUT2D eigenvalue weighted by atomic mass is 10.1. The molecule has 0 saturated heterocycles. The Kier molecular flexibility index (Phi) is 4.71. The molecule has 0 spiro atoms. The lowest BCUT2D eigenvalue weighted by Crippen LogP contribution is -2.11. The van der Waals surface area contributed by atoms with Crippen molar-refractivity contribution < 1.29 is 0 Å². The summed E-state index contributed by atoms with van der Waals surface area (Å²) < 4.78 is 3.97. The molecular weight excluding hydrogens is 382 g/mol. The van der Waals surface area contributed by atoms with Crippen LogP contribution in [0.2, 0.25) is 0 Å². The van der Waals surface area contributed by atoms with Gasteiger partial charge in [0.15, 0.2) is 5.65 Å². The molecule has 1 aliphatic rings. The monoisotopic (exact) mass is 401 g/mol. The molecule has 0 radical (unpaired) electrons. The van der Waals surface area contributed by atoms with Crippen molar-refractivity contribution in [2.24, 2.45) is 7.05 Å². The number of fused-ring (bicyclic) bond motifs is 2. The predicted molar refractivity (Wildman–Crippen MR) is 109 cm³/mol. The number of pyridine rings is 1. The van der Waals surface area contributed by atoms with Gasteiger partial charge in [-0.05, 0) is 32.0 Å². The largest absolute Gasteiger partial charge is 0.311 e. The molecule has 4 aromatic heterocycles. The summed E-state index contributed by atoms with van der Waals surface area (Å²) in [5.74, 6) is 0. The molecule has 9 heteroatoms. The fraction of sp³-hybridized carbons (Fsp3) is 0.333. The highest BCUT2D eigenvalue weighted by Gasteiger charge is 2.19. The van der Waals surface area contributed by atoms with Crippen molar-refractivity contribution in [2.75, 3.05) is 6.54 Å². The standard InChI is InChI=1S/C18H19N7S.ClH/c1-11-16-13(18-20-5-7-26-18)9-14(21-17(16)23-24(11)2)15-8-12-10-19-4-3-6-25(12)22-15;/h5,7-9,19H,3-4,6,10H2,1-2H3;1H. The second-order valence-corrected chi connectivity index (χ2v) is 7.47. The Morgan fingerprint density at radius 1 is 1.19 bits per heavy atom. The minimum atomic E-state index is 0. The maximum absolute atomic E-state index is 4.81. The Morgan fingerprint density at radius 3 is 2.89 bits per heavy atom. The topological polar surface area (TPSA) is 73.5 Å². The van der Waals surface area contributed by atoms with Crippen molar-refractivity contribution in [3.8, 4) is 22.0 Å². The zero-order valence-corrected chi connectivity index (χ0v) is 16.8. The van der Waals surface area contributed by atoms with Crippen LogP contribution in [0.4, 0.5) is 0 Å². The quantitative estimate of drug-likeness (QED) is 0.558. The van der Waals surface area contributed by atoms with E-state index in [1.165, 1.54) is 5.69 Å². The van der Waals surface area contributed by atoms with Gasteiger partial charge in [-0.3, -0.25) is 9.36 Å². The van der Waals surface area contributed by atoms with E-state index in [1.807, 2.05) is 23.3 Å². The molecule has 0 aromatic carbocycles. The van der Waals surface area contributed by atoms with Gasteiger partial charge in [-0.25, -0.2) is 9.97 Å². The summed E-state index contributed by atoms with van der Waals surface area (Å²) in [5, 5.41) is 16.9. The summed E-state index contributed by atoms with van der Waals surface area (Å²) >= 11 is 1.63. The number of aryl methyl sites for hydroxylation is 3. The number of hydrogen-bond donors (Lipinski definition) is 1. The fourth-order valence-corrected chi connectivity index (χ4v) is 4.14. The summed E-state index contributed by atoms with van der Waals surface area (Å²) in [6.45, 7) is 4.88. The van der Waals surface area contributed by atoms with E-state index in [2.05, 4.69) is 39.1 Å². The molecule has 0 aliphatic carbocycles. The van der Waals surface area contributed by atoms with E-state index in [-0.39, 0.29) is 12.4 Å². The Morgan fingerprint density at radius 2 is 2.07 bits per heavy atom. The minimum absolute atomic E-state index is 0. The summed E-state index contributed by atoms with van der Waals surface area (Å²) in [5.41, 5.74) is 5.86. The molecule has 0 saturated carbocycles. The third-order valence-corrected chi connectivity index (χ3v) is 5.72. The van der Waals surface area contributed by atoms with Crippen LogP contribution in [0.5, 0.6) is 0 Å². The molecule has 1 aliphatic heterocycles. The average molecular weight is 402 g/mol. The zero-order chi connectivity index (χ0) is 17.7. The second-order valence-electron chi connectivity index (χ2n) is 6.57. The average Bonchev–Trinajstić information content (AvgIpc) is 3.33. The van der Waals surface area contributed by atoms with Crippen molar-refractivity contribution in [1.82, 2.24) is 34.8 Å². The minimum Gasteiger partial charge on any atom is -0.311 e. The van der Waals surface area contributed by atoms with Crippen LogP contribution >= 0.6 is 23.7 Å². The Balaban J connectivity index is 0.00000180. The van der Waals surface area contributed by atoms with Gasteiger partial charge < -0.3 is 5.32 Å². The van der Waals surface area contributed by atoms with Gasteiger partial charge >= 0.3 is 0 Å². The third kappa shape index (κ3) is 3.03. The molecule has 140 valence electrons. The van der Waals surface area contributed by atoms with Crippen LogP contribution < -0.4 is 5.32 Å². The van der Waals surface area contributed by atoms with E-state index in [9.17, 15) is 0 Å². The van der Waals surface area contributed by atoms with E-state index in [0.717, 1.165) is 64.7 Å². The Bertz CT molecular complexity index is 1070. The number of hydrogen-bond acceptors (Lipinski definition) is 6. The molecule has 27 heavy (non-hydrogen) atoms. The van der Waals surface area contributed by atoms with Gasteiger partial charge in [-0.2, -0.15) is 10.2 Å². The van der Waals surface area contributed by atoms with Crippen LogP contribution in [0, 0.1) is 6.92 Å². The molecule has 0 fully saturated rings. The maximum Gasteiger partial charge on any atom is 0.182 e. The lowest BCUT2D eigenvalue weighted by molar-refractivity contribution is 0.589. The molecule has 4 aromatic rings. The van der Waals surface area contributed by atoms with E-state index >= 15 is 0 Å². The summed E-state index contributed by atoms with van der Waals surface area (Å²) in [4.78, 5) is 9.33. The van der Waals surface area contributed by atoms with E-state index in [1.54, 1.807) is 11.3 Å². The molecule has 0 atom stereocenters. The molecule has 0 unspecified atom stereocenters. The Labute approximate surface area is 166 Å². The molecule has 5 heterocycles. The Hall–Kier alpha value is -2.29. The second kappa shape index (κ2) is 7.03. The number of halogens is 1. The predicted octanol–water partition coefficient (Wildman–Crippen LogP) is 3.18. The van der Waals surface area contributed by atoms with Crippen molar-refractivity contribution >= 4 is 34.8 Å². The highest BCUT2D eigenvalue weighted by atomic mass is 35.5. The SMILES string of the molecule is Cc1c2c(-c3nccs3)cc(-c3cc4n(n3)CCCNC4)nc2nn1C.Cl. The maximum atomic E-state index is 4.81. The first-order valence-corrected chi connectivity index (χ1v) is 9.61. The van der Waals surface area contributed by atoms with Crippen LogP contribution in [0.25, 0.3) is 33.0 Å². The number of rotatable bonds is 2. The normalized spacial score (nSPS) is 14.0. The molecular formula is C18H20ClN7S. The van der Waals surface area contributed by atoms with Crippen molar-refractivity contribution in [3.63, 3.8) is 0 Å². The molecule has 7 nitrogen and oxygen atoms in total. The van der Waals surface area contributed by atoms with Gasteiger partial charge in [0.2, 0.25) is 0 Å². The number of nitrogens with zero attached hydrogens (tertiary/aromatic N) is 6. The van der Waals surface area contributed by atoms with E-state index in [0.29, 0.717) is 0 Å². The molecule has 0 bridgehead atoms. The molecule has 5 rings (SSSR count). The first-order valence-electron chi connectivity index (χ1n) is 8.73. The van der Waals surface area contributed by atoms with Gasteiger partial charge in [0.25, 0.3) is 0 Å². The zero-order valence-electron chi connectivity index (χ0n) is 15.1. The summed E-state index contributed by atoms with van der Waals surface area (Å²) in [6.07, 6.45) is 2.92. The van der Waals surface area contributed by atoms with Crippen molar-refractivity contribution in [2.45, 2.75) is 26.4 Å². The van der Waals surface area contributed by atoms with Crippen LogP contribution in [-0.2, 0) is 20.1 Å². The van der Waals surface area contributed by atoms with E-state index < -0.39 is 0 Å². The van der Waals surface area contributed by atoms with Crippen LogP contribution in [0.15, 0.2) is 23.7 Å². The van der Waals surface area contributed by atoms with E-state index in [4.69, 9.17) is 10.1 Å². The number of nitrogens with one attached hydrogen (secondary N) is 1. The van der Waals surface area contributed by atoms with Crippen LogP contribution in [-0.4, -0.2) is 36.1 Å². The summed E-state index contributed by atoms with van der Waals surface area (Å²) in [6, 6.07) is 4.24. The highest BCUT2D eigenvalue weighted by Crippen LogP contribution is 2.34. The van der Waals surface area contributed by atoms with Gasteiger partial charge in [0.1, 0.15) is 10.7 Å². The smallest absolute Gasteiger partial charge is 0.182 e. The van der Waals surface area contributed by atoms with Crippen molar-refractivity contribution in [3.05, 3.63) is 35.1 Å². The van der Waals surface area contributed by atoms with Gasteiger partial charge in [-0.15, -0.1) is 23.7 Å². The fourth-order valence-electron chi connectivity index (χ4n) is 3.48. The number of aromatic nitrogens is 6. The first-order chi connectivity index (χ1) is 12.7. The molecule has 0 amide bonds. The molecule has 1 N–H and O–H groups in total. The third-order valence-electron chi connectivity index (χ3n) is 4.91. The summed E-state index contributed by atoms with van der Waals surface area (Å²) in [7, 11) is 1.95. The van der Waals surface area contributed by atoms with Crippen molar-refractivity contribution in [1.29, 1.82) is 0 Å². The first kappa shape index (κ1) is 18.1. The van der Waals surface area contributed by atoms with Gasteiger partial charge in [0.05, 0.1) is 16.8 Å². The van der Waals surface area contributed by atoms with Crippen LogP contribution in [0.1, 0.15) is 17.8 Å². The van der Waals surface area contributed by atoms with Crippen LogP contribution in [0.3, 0.4) is 0 Å². The van der Waals surface area contributed by atoms with Gasteiger partial charge in [-0.1, -0.05) is 0 Å². The highest BCUT2D eigenvalue weighted by molar-refractivity contribution is 7.13.